The predicted octanol–water partition coefficient (Wildman–Crippen LogP) is 2.11. The Balaban J connectivity index is 1.63. The van der Waals surface area contributed by atoms with E-state index in [2.05, 4.69) is 5.32 Å². The van der Waals surface area contributed by atoms with Crippen molar-refractivity contribution in [2.75, 3.05) is 18.6 Å². The van der Waals surface area contributed by atoms with Gasteiger partial charge in [-0.05, 0) is 37.1 Å². The Morgan fingerprint density at radius 1 is 1.23 bits per heavy atom. The Hall–Kier alpha value is -2.04. The number of rotatable bonds is 4. The Kier molecular flexibility index (Phi) is 4.32. The van der Waals surface area contributed by atoms with E-state index in [-0.39, 0.29) is 17.7 Å². The molecule has 2 aliphatic rings. The molecule has 3 rings (SSSR count). The van der Waals surface area contributed by atoms with Crippen LogP contribution < -0.4 is 15.0 Å². The molecule has 1 aliphatic carbocycles. The first-order chi connectivity index (χ1) is 10.7. The molecule has 1 N–H and O–H groups in total. The van der Waals surface area contributed by atoms with E-state index >= 15 is 0 Å². The van der Waals surface area contributed by atoms with Crippen LogP contribution in [-0.4, -0.2) is 31.5 Å². The minimum Gasteiger partial charge on any atom is -0.497 e. The number of hydrogen-bond acceptors (Lipinski definition) is 3. The van der Waals surface area contributed by atoms with Crippen molar-refractivity contribution < 1.29 is 14.3 Å². The zero-order valence-corrected chi connectivity index (χ0v) is 12.9. The average molecular weight is 302 g/mol. The monoisotopic (exact) mass is 302 g/mol. The summed E-state index contributed by atoms with van der Waals surface area (Å²) in [7, 11) is 1.61. The van der Waals surface area contributed by atoms with Gasteiger partial charge < -0.3 is 15.0 Å². The first-order valence-corrected chi connectivity index (χ1v) is 7.92. The van der Waals surface area contributed by atoms with Crippen molar-refractivity contribution in [1.29, 1.82) is 0 Å². The van der Waals surface area contributed by atoms with Crippen molar-refractivity contribution in [2.45, 2.75) is 38.1 Å². The van der Waals surface area contributed by atoms with Gasteiger partial charge in [0.15, 0.2) is 0 Å². The molecule has 2 amide bonds. The van der Waals surface area contributed by atoms with Crippen molar-refractivity contribution >= 4 is 17.5 Å². The lowest BCUT2D eigenvalue weighted by Gasteiger charge is -2.18. The number of carbonyl (C=O) groups is 2. The van der Waals surface area contributed by atoms with Crippen molar-refractivity contribution in [3.63, 3.8) is 0 Å². The summed E-state index contributed by atoms with van der Waals surface area (Å²) in [6.45, 7) is 0.462. The highest BCUT2D eigenvalue weighted by Gasteiger charge is 2.36. The fraction of sp³-hybridized carbons (Fsp3) is 0.529. The van der Waals surface area contributed by atoms with E-state index in [4.69, 9.17) is 4.74 Å². The summed E-state index contributed by atoms with van der Waals surface area (Å²) in [5.74, 6) is 0.550. The van der Waals surface area contributed by atoms with Crippen LogP contribution in [0.4, 0.5) is 5.69 Å². The SMILES string of the molecule is COc1ccc(N2C[C@@H](C(=O)NC3CCCC3)CC2=O)cc1. The first-order valence-electron chi connectivity index (χ1n) is 7.92. The number of nitrogens with one attached hydrogen (secondary N) is 1. The van der Waals surface area contributed by atoms with Gasteiger partial charge in [0.2, 0.25) is 11.8 Å². The number of carbonyl (C=O) groups excluding carboxylic acids is 2. The Morgan fingerprint density at radius 3 is 2.55 bits per heavy atom. The molecule has 5 heteroatoms. The molecule has 1 saturated carbocycles. The Bertz CT molecular complexity index is 550. The second kappa shape index (κ2) is 6.38. The van der Waals surface area contributed by atoms with E-state index in [0.29, 0.717) is 19.0 Å². The fourth-order valence-corrected chi connectivity index (χ4v) is 3.28. The van der Waals surface area contributed by atoms with Crippen molar-refractivity contribution in [1.82, 2.24) is 5.32 Å². The lowest BCUT2D eigenvalue weighted by molar-refractivity contribution is -0.126. The second-order valence-electron chi connectivity index (χ2n) is 6.09. The van der Waals surface area contributed by atoms with Crippen molar-refractivity contribution in [3.05, 3.63) is 24.3 Å². The minimum absolute atomic E-state index is 0.0109. The van der Waals surface area contributed by atoms with Gasteiger partial charge in [-0.25, -0.2) is 0 Å². The molecule has 118 valence electrons. The summed E-state index contributed by atoms with van der Waals surface area (Å²) in [4.78, 5) is 26.2. The van der Waals surface area contributed by atoms with E-state index in [1.54, 1.807) is 12.0 Å². The standard InChI is InChI=1S/C17H22N2O3/c1-22-15-8-6-14(7-9-15)19-11-12(10-16(19)20)17(21)18-13-4-2-3-5-13/h6-9,12-13H,2-5,10-11H2,1H3,(H,18,21)/t12-/m0/s1. The molecular formula is C17H22N2O3. The molecular weight excluding hydrogens is 280 g/mol. The molecule has 0 radical (unpaired) electrons. The number of hydrogen-bond donors (Lipinski definition) is 1. The quantitative estimate of drug-likeness (QED) is 0.926. The van der Waals surface area contributed by atoms with Gasteiger partial charge in [-0.3, -0.25) is 9.59 Å². The van der Waals surface area contributed by atoms with E-state index in [0.717, 1.165) is 24.3 Å². The minimum atomic E-state index is -0.241. The smallest absolute Gasteiger partial charge is 0.227 e. The van der Waals surface area contributed by atoms with Gasteiger partial charge in [0.05, 0.1) is 13.0 Å². The molecule has 1 atom stereocenters. The van der Waals surface area contributed by atoms with Gasteiger partial charge >= 0.3 is 0 Å². The predicted molar refractivity (Wildman–Crippen MR) is 83.9 cm³/mol. The number of amides is 2. The lowest BCUT2D eigenvalue weighted by Crippen LogP contribution is -2.38. The Labute approximate surface area is 130 Å². The van der Waals surface area contributed by atoms with E-state index < -0.39 is 0 Å². The molecule has 0 spiro atoms. The number of anilines is 1. The molecule has 1 aromatic rings. The molecule has 0 bridgehead atoms. The topological polar surface area (TPSA) is 58.6 Å². The van der Waals surface area contributed by atoms with Crippen LogP contribution in [0.15, 0.2) is 24.3 Å². The third-order valence-corrected chi connectivity index (χ3v) is 4.58. The summed E-state index contributed by atoms with van der Waals surface area (Å²) >= 11 is 0. The maximum Gasteiger partial charge on any atom is 0.227 e. The highest BCUT2D eigenvalue weighted by Crippen LogP contribution is 2.27. The number of ether oxygens (including phenoxy) is 1. The highest BCUT2D eigenvalue weighted by atomic mass is 16.5. The van der Waals surface area contributed by atoms with E-state index in [1.165, 1.54) is 12.8 Å². The van der Waals surface area contributed by atoms with Gasteiger partial charge in [-0.15, -0.1) is 0 Å². The van der Waals surface area contributed by atoms with Gasteiger partial charge in [0.1, 0.15) is 5.75 Å². The molecule has 1 aromatic carbocycles. The summed E-state index contributed by atoms with van der Waals surface area (Å²) in [5.41, 5.74) is 0.821. The van der Waals surface area contributed by atoms with E-state index in [9.17, 15) is 9.59 Å². The maximum absolute atomic E-state index is 12.3. The third-order valence-electron chi connectivity index (χ3n) is 4.58. The zero-order chi connectivity index (χ0) is 15.5. The van der Waals surface area contributed by atoms with Crippen LogP contribution in [-0.2, 0) is 9.59 Å². The third kappa shape index (κ3) is 3.08. The van der Waals surface area contributed by atoms with Gasteiger partial charge in [0.25, 0.3) is 0 Å². The maximum atomic E-state index is 12.3. The van der Waals surface area contributed by atoms with Crippen LogP contribution in [0.5, 0.6) is 5.75 Å². The van der Waals surface area contributed by atoms with Gasteiger partial charge in [-0.1, -0.05) is 12.8 Å². The van der Waals surface area contributed by atoms with E-state index in [1.807, 2.05) is 24.3 Å². The van der Waals surface area contributed by atoms with Crippen LogP contribution in [0.25, 0.3) is 0 Å². The van der Waals surface area contributed by atoms with Crippen LogP contribution in [0, 0.1) is 5.92 Å². The first kappa shape index (κ1) is 14.9. The van der Waals surface area contributed by atoms with Crippen molar-refractivity contribution in [3.8, 4) is 5.75 Å². The van der Waals surface area contributed by atoms with Crippen molar-refractivity contribution in [2.24, 2.45) is 5.92 Å². The normalized spacial score (nSPS) is 22.1. The van der Waals surface area contributed by atoms with Crippen LogP contribution in [0.3, 0.4) is 0 Å². The number of benzene rings is 1. The summed E-state index contributed by atoms with van der Waals surface area (Å²) in [5, 5.41) is 3.09. The second-order valence-corrected chi connectivity index (χ2v) is 6.09. The molecule has 1 heterocycles. The van der Waals surface area contributed by atoms with Crippen LogP contribution in [0.2, 0.25) is 0 Å². The molecule has 0 unspecified atom stereocenters. The summed E-state index contributed by atoms with van der Waals surface area (Å²) < 4.78 is 5.12. The summed E-state index contributed by atoms with van der Waals surface area (Å²) in [6.07, 6.45) is 4.80. The molecule has 1 saturated heterocycles. The molecule has 5 nitrogen and oxygen atoms in total. The zero-order valence-electron chi connectivity index (χ0n) is 12.9. The van der Waals surface area contributed by atoms with Crippen LogP contribution in [0.1, 0.15) is 32.1 Å². The number of nitrogens with zero attached hydrogens (tertiary/aromatic N) is 1. The Morgan fingerprint density at radius 2 is 1.91 bits per heavy atom. The summed E-state index contributed by atoms with van der Waals surface area (Å²) in [6, 6.07) is 7.67. The average Bonchev–Trinajstić information content (AvgIpc) is 3.17. The lowest BCUT2D eigenvalue weighted by atomic mass is 10.1. The molecule has 0 aromatic heterocycles. The van der Waals surface area contributed by atoms with Gasteiger partial charge in [-0.2, -0.15) is 0 Å². The molecule has 22 heavy (non-hydrogen) atoms. The number of methoxy groups -OCH3 is 1. The molecule has 2 fully saturated rings. The largest absolute Gasteiger partial charge is 0.497 e. The van der Waals surface area contributed by atoms with Gasteiger partial charge in [0, 0.05) is 24.7 Å². The van der Waals surface area contributed by atoms with Crippen LogP contribution >= 0.6 is 0 Å². The fourth-order valence-electron chi connectivity index (χ4n) is 3.28. The highest BCUT2D eigenvalue weighted by molar-refractivity contribution is 6.00. The molecule has 1 aliphatic heterocycles.